The van der Waals surface area contributed by atoms with E-state index >= 15 is 0 Å². The second-order valence-corrected chi connectivity index (χ2v) is 5.49. The van der Waals surface area contributed by atoms with E-state index in [1.807, 2.05) is 12.1 Å². The standard InChI is InChI=1S/C19H19FN2O3/c1-21-15(13-22(11-12-23)19(24)25)6-4-5-14-9-10-18(20)17-8-3-2-7-16(14)17/h2-3,7-10,12,15,21H,6,11,13H2,1H3,(H,24,25). The van der Waals surface area contributed by atoms with Crippen molar-refractivity contribution < 1.29 is 19.1 Å². The lowest BCUT2D eigenvalue weighted by atomic mass is 10.0. The molecule has 1 atom stereocenters. The third-order valence-corrected chi connectivity index (χ3v) is 3.86. The minimum Gasteiger partial charge on any atom is -0.465 e. The number of aldehydes is 1. The molecule has 6 heteroatoms. The summed E-state index contributed by atoms with van der Waals surface area (Å²) < 4.78 is 13.8. The van der Waals surface area contributed by atoms with E-state index in [9.17, 15) is 14.0 Å². The van der Waals surface area contributed by atoms with Gasteiger partial charge in [-0.15, -0.1) is 0 Å². The SMILES string of the molecule is CNC(CC#Cc1ccc(F)c2ccccc12)CN(CC=O)C(=O)O. The molecule has 0 spiro atoms. The summed E-state index contributed by atoms with van der Waals surface area (Å²) in [5.41, 5.74) is 0.717. The van der Waals surface area contributed by atoms with E-state index in [2.05, 4.69) is 17.2 Å². The third-order valence-electron chi connectivity index (χ3n) is 3.86. The van der Waals surface area contributed by atoms with Crippen LogP contribution in [0.3, 0.4) is 0 Å². The number of nitrogens with one attached hydrogen (secondary N) is 1. The van der Waals surface area contributed by atoms with E-state index in [1.165, 1.54) is 6.07 Å². The molecule has 5 nitrogen and oxygen atoms in total. The van der Waals surface area contributed by atoms with Gasteiger partial charge in [0.25, 0.3) is 0 Å². The predicted octanol–water partition coefficient (Wildman–Crippen LogP) is 2.49. The highest BCUT2D eigenvalue weighted by atomic mass is 19.1. The van der Waals surface area contributed by atoms with Gasteiger partial charge in [-0.05, 0) is 19.2 Å². The van der Waals surface area contributed by atoms with Gasteiger partial charge in [0, 0.05) is 35.3 Å². The van der Waals surface area contributed by atoms with Gasteiger partial charge >= 0.3 is 6.09 Å². The summed E-state index contributed by atoms with van der Waals surface area (Å²) >= 11 is 0. The van der Waals surface area contributed by atoms with Crippen molar-refractivity contribution in [2.45, 2.75) is 12.5 Å². The lowest BCUT2D eigenvalue weighted by Gasteiger charge is -2.22. The van der Waals surface area contributed by atoms with E-state index in [4.69, 9.17) is 5.11 Å². The number of carboxylic acid groups (broad SMARTS) is 1. The molecule has 130 valence electrons. The van der Waals surface area contributed by atoms with Crippen LogP contribution in [-0.2, 0) is 4.79 Å². The summed E-state index contributed by atoms with van der Waals surface area (Å²) in [5, 5.41) is 13.3. The van der Waals surface area contributed by atoms with Crippen molar-refractivity contribution in [2.24, 2.45) is 0 Å². The van der Waals surface area contributed by atoms with Crippen LogP contribution in [0.15, 0.2) is 36.4 Å². The number of benzene rings is 2. The highest BCUT2D eigenvalue weighted by molar-refractivity contribution is 5.88. The number of halogens is 1. The smallest absolute Gasteiger partial charge is 0.407 e. The molecule has 0 heterocycles. The number of fused-ring (bicyclic) bond motifs is 1. The number of hydrogen-bond acceptors (Lipinski definition) is 3. The minimum absolute atomic E-state index is 0.156. The van der Waals surface area contributed by atoms with Crippen molar-refractivity contribution in [3.05, 3.63) is 47.8 Å². The molecule has 0 fully saturated rings. The molecule has 0 bridgehead atoms. The fourth-order valence-corrected chi connectivity index (χ4v) is 2.49. The van der Waals surface area contributed by atoms with E-state index in [0.717, 1.165) is 15.8 Å². The zero-order chi connectivity index (χ0) is 18.2. The maximum atomic E-state index is 13.8. The first-order valence-electron chi connectivity index (χ1n) is 7.81. The van der Waals surface area contributed by atoms with Gasteiger partial charge in [0.2, 0.25) is 0 Å². The topological polar surface area (TPSA) is 69.6 Å². The zero-order valence-corrected chi connectivity index (χ0v) is 13.8. The van der Waals surface area contributed by atoms with Gasteiger partial charge in [-0.2, -0.15) is 0 Å². The average Bonchev–Trinajstić information content (AvgIpc) is 2.62. The van der Waals surface area contributed by atoms with Crippen molar-refractivity contribution in [1.82, 2.24) is 10.2 Å². The van der Waals surface area contributed by atoms with E-state index in [-0.39, 0.29) is 24.9 Å². The predicted molar refractivity (Wildman–Crippen MR) is 93.9 cm³/mol. The van der Waals surface area contributed by atoms with Crippen LogP contribution in [0, 0.1) is 17.7 Å². The quantitative estimate of drug-likeness (QED) is 0.625. The van der Waals surface area contributed by atoms with E-state index in [0.29, 0.717) is 18.1 Å². The van der Waals surface area contributed by atoms with Gasteiger partial charge in [0.1, 0.15) is 12.1 Å². The molecule has 2 rings (SSSR count). The Morgan fingerprint density at radius 1 is 1.32 bits per heavy atom. The number of carbonyl (C=O) groups excluding carboxylic acids is 1. The number of rotatable bonds is 6. The van der Waals surface area contributed by atoms with Gasteiger partial charge < -0.3 is 15.2 Å². The summed E-state index contributed by atoms with van der Waals surface area (Å²) in [6.45, 7) is -0.0209. The summed E-state index contributed by atoms with van der Waals surface area (Å²) in [6, 6.07) is 9.92. The number of amides is 1. The number of nitrogens with zero attached hydrogens (tertiary/aromatic N) is 1. The number of hydrogen-bond donors (Lipinski definition) is 2. The first kappa shape index (κ1) is 18.4. The Labute approximate surface area is 145 Å². The summed E-state index contributed by atoms with van der Waals surface area (Å²) in [5.74, 6) is 5.74. The lowest BCUT2D eigenvalue weighted by Crippen LogP contribution is -2.42. The Kier molecular flexibility index (Phi) is 6.49. The van der Waals surface area contributed by atoms with Crippen molar-refractivity contribution >= 4 is 23.2 Å². The van der Waals surface area contributed by atoms with Crippen LogP contribution < -0.4 is 5.32 Å². The molecule has 2 aromatic rings. The van der Waals surface area contributed by atoms with Crippen LogP contribution in [0.25, 0.3) is 10.8 Å². The second kappa shape index (κ2) is 8.81. The molecule has 0 radical (unpaired) electrons. The molecular formula is C19H19FN2O3. The van der Waals surface area contributed by atoms with Crippen LogP contribution in [0.5, 0.6) is 0 Å². The van der Waals surface area contributed by atoms with Crippen molar-refractivity contribution in [3.63, 3.8) is 0 Å². The van der Waals surface area contributed by atoms with Crippen LogP contribution in [-0.4, -0.2) is 48.6 Å². The Morgan fingerprint density at radius 3 is 2.68 bits per heavy atom. The molecular weight excluding hydrogens is 323 g/mol. The largest absolute Gasteiger partial charge is 0.465 e. The third kappa shape index (κ3) is 4.78. The molecule has 0 aliphatic rings. The monoisotopic (exact) mass is 342 g/mol. The highest BCUT2D eigenvalue weighted by Crippen LogP contribution is 2.21. The number of carbonyl (C=O) groups is 2. The van der Waals surface area contributed by atoms with Crippen LogP contribution in [0.4, 0.5) is 9.18 Å². The van der Waals surface area contributed by atoms with Crippen LogP contribution in [0.2, 0.25) is 0 Å². The fourth-order valence-electron chi connectivity index (χ4n) is 2.49. The molecule has 2 aromatic carbocycles. The molecule has 1 unspecified atom stereocenters. The van der Waals surface area contributed by atoms with Crippen molar-refractivity contribution in [2.75, 3.05) is 20.1 Å². The lowest BCUT2D eigenvalue weighted by molar-refractivity contribution is -0.108. The Balaban J connectivity index is 2.14. The van der Waals surface area contributed by atoms with Gasteiger partial charge in [-0.1, -0.05) is 36.1 Å². The fraction of sp³-hybridized carbons (Fsp3) is 0.263. The number of likely N-dealkylation sites (N-methyl/N-ethyl adjacent to an activating group) is 1. The molecule has 0 aliphatic heterocycles. The first-order chi connectivity index (χ1) is 12.1. The molecule has 0 saturated heterocycles. The Hall–Kier alpha value is -2.91. The van der Waals surface area contributed by atoms with Crippen LogP contribution in [0.1, 0.15) is 12.0 Å². The van der Waals surface area contributed by atoms with Gasteiger partial charge in [-0.3, -0.25) is 4.90 Å². The molecule has 25 heavy (non-hydrogen) atoms. The Morgan fingerprint density at radius 2 is 2.04 bits per heavy atom. The summed E-state index contributed by atoms with van der Waals surface area (Å²) in [7, 11) is 1.71. The second-order valence-electron chi connectivity index (χ2n) is 5.49. The normalized spacial score (nSPS) is 11.4. The molecule has 0 aliphatic carbocycles. The zero-order valence-electron chi connectivity index (χ0n) is 13.8. The summed E-state index contributed by atoms with van der Waals surface area (Å²) in [4.78, 5) is 22.7. The first-order valence-corrected chi connectivity index (χ1v) is 7.81. The van der Waals surface area contributed by atoms with Gasteiger partial charge in [0.15, 0.2) is 0 Å². The molecule has 0 saturated carbocycles. The molecule has 1 amide bonds. The minimum atomic E-state index is -1.15. The van der Waals surface area contributed by atoms with Gasteiger partial charge in [0.05, 0.1) is 6.54 Å². The molecule has 0 aromatic heterocycles. The molecule has 2 N–H and O–H groups in total. The highest BCUT2D eigenvalue weighted by Gasteiger charge is 2.16. The van der Waals surface area contributed by atoms with E-state index < -0.39 is 6.09 Å². The maximum absolute atomic E-state index is 13.8. The van der Waals surface area contributed by atoms with Crippen molar-refractivity contribution in [1.29, 1.82) is 0 Å². The van der Waals surface area contributed by atoms with E-state index in [1.54, 1.807) is 25.2 Å². The van der Waals surface area contributed by atoms with Crippen LogP contribution >= 0.6 is 0 Å². The maximum Gasteiger partial charge on any atom is 0.407 e. The van der Waals surface area contributed by atoms with Crippen molar-refractivity contribution in [3.8, 4) is 11.8 Å². The summed E-state index contributed by atoms with van der Waals surface area (Å²) in [6.07, 6.45) is -0.202. The van der Waals surface area contributed by atoms with Gasteiger partial charge in [-0.25, -0.2) is 9.18 Å². The Bertz CT molecular complexity index is 826. The average molecular weight is 342 g/mol.